The standard InChI is InChI=1S/C16H18FN3O3/c1-10-18-15(23-19-10)11-6-8-20(9-7-11)14(16(21)22)12-4-2-3-5-13(12)17/h2-5,11,14H,6-9H2,1H3,(H,21,22). The molecule has 122 valence electrons. The lowest BCUT2D eigenvalue weighted by molar-refractivity contribution is -0.144. The van der Waals surface area contributed by atoms with E-state index in [1.165, 1.54) is 12.1 Å². The Labute approximate surface area is 132 Å². The molecule has 1 aromatic carbocycles. The van der Waals surface area contributed by atoms with E-state index in [0.717, 1.165) is 0 Å². The van der Waals surface area contributed by atoms with Gasteiger partial charge in [-0.2, -0.15) is 4.98 Å². The van der Waals surface area contributed by atoms with E-state index in [1.807, 2.05) is 0 Å². The number of aliphatic carboxylic acids is 1. The molecule has 0 spiro atoms. The molecule has 0 saturated carbocycles. The number of hydrogen-bond donors (Lipinski definition) is 1. The minimum absolute atomic E-state index is 0.127. The summed E-state index contributed by atoms with van der Waals surface area (Å²) >= 11 is 0. The summed E-state index contributed by atoms with van der Waals surface area (Å²) in [4.78, 5) is 17.7. The van der Waals surface area contributed by atoms with Crippen molar-refractivity contribution in [1.29, 1.82) is 0 Å². The van der Waals surface area contributed by atoms with Crippen LogP contribution in [0.2, 0.25) is 0 Å². The molecule has 23 heavy (non-hydrogen) atoms. The smallest absolute Gasteiger partial charge is 0.325 e. The Balaban J connectivity index is 1.74. The molecule has 1 aliphatic heterocycles. The molecule has 1 saturated heterocycles. The van der Waals surface area contributed by atoms with Crippen LogP contribution in [0.25, 0.3) is 0 Å². The van der Waals surface area contributed by atoms with Crippen LogP contribution in [-0.4, -0.2) is 39.2 Å². The number of carboxylic acid groups (broad SMARTS) is 1. The van der Waals surface area contributed by atoms with Crippen molar-refractivity contribution in [1.82, 2.24) is 15.0 Å². The molecule has 1 aliphatic rings. The number of rotatable bonds is 4. The predicted octanol–water partition coefficient (Wildman–Crippen LogP) is 2.52. The molecule has 1 aromatic heterocycles. The van der Waals surface area contributed by atoms with E-state index in [-0.39, 0.29) is 11.5 Å². The quantitative estimate of drug-likeness (QED) is 0.933. The number of aromatic nitrogens is 2. The zero-order valence-electron chi connectivity index (χ0n) is 12.8. The van der Waals surface area contributed by atoms with Crippen molar-refractivity contribution in [3.05, 3.63) is 47.4 Å². The third kappa shape index (κ3) is 3.24. The van der Waals surface area contributed by atoms with Gasteiger partial charge in [0, 0.05) is 24.6 Å². The zero-order valence-corrected chi connectivity index (χ0v) is 12.8. The van der Waals surface area contributed by atoms with Gasteiger partial charge in [0.1, 0.15) is 11.9 Å². The normalized spacial score (nSPS) is 18.0. The van der Waals surface area contributed by atoms with Crippen LogP contribution in [0.15, 0.2) is 28.8 Å². The number of hydrogen-bond acceptors (Lipinski definition) is 5. The minimum Gasteiger partial charge on any atom is -0.480 e. The molecule has 2 heterocycles. The first-order chi connectivity index (χ1) is 11.1. The molecule has 3 rings (SSSR count). The van der Waals surface area contributed by atoms with Gasteiger partial charge in [-0.15, -0.1) is 0 Å². The van der Waals surface area contributed by atoms with E-state index >= 15 is 0 Å². The second-order valence-electron chi connectivity index (χ2n) is 5.75. The Morgan fingerprint density at radius 1 is 1.39 bits per heavy atom. The number of nitrogens with zero attached hydrogens (tertiary/aromatic N) is 3. The van der Waals surface area contributed by atoms with E-state index in [2.05, 4.69) is 10.1 Å². The maximum absolute atomic E-state index is 14.0. The summed E-state index contributed by atoms with van der Waals surface area (Å²) < 4.78 is 19.2. The predicted molar refractivity (Wildman–Crippen MR) is 79.4 cm³/mol. The molecule has 1 unspecified atom stereocenters. The van der Waals surface area contributed by atoms with Crippen LogP contribution >= 0.6 is 0 Å². The van der Waals surface area contributed by atoms with Gasteiger partial charge in [-0.3, -0.25) is 9.69 Å². The first-order valence-electron chi connectivity index (χ1n) is 7.57. The molecule has 0 amide bonds. The minimum atomic E-state index is -1.04. The molecule has 1 fully saturated rings. The van der Waals surface area contributed by atoms with Gasteiger partial charge in [-0.1, -0.05) is 23.4 Å². The fourth-order valence-corrected chi connectivity index (χ4v) is 3.07. The highest BCUT2D eigenvalue weighted by molar-refractivity contribution is 5.75. The third-order valence-corrected chi connectivity index (χ3v) is 4.22. The monoisotopic (exact) mass is 319 g/mol. The Bertz CT molecular complexity index is 695. The molecule has 2 aromatic rings. The summed E-state index contributed by atoms with van der Waals surface area (Å²) in [7, 11) is 0. The summed E-state index contributed by atoms with van der Waals surface area (Å²) in [6, 6.07) is 5.06. The Kier molecular flexibility index (Phi) is 4.38. The van der Waals surface area contributed by atoms with Crippen LogP contribution < -0.4 is 0 Å². The molecule has 7 heteroatoms. The number of carbonyl (C=O) groups is 1. The Hall–Kier alpha value is -2.28. The highest BCUT2D eigenvalue weighted by Crippen LogP contribution is 2.32. The lowest BCUT2D eigenvalue weighted by Gasteiger charge is -2.34. The molecule has 1 N–H and O–H groups in total. The van der Waals surface area contributed by atoms with Gasteiger partial charge in [0.15, 0.2) is 5.82 Å². The van der Waals surface area contributed by atoms with Gasteiger partial charge in [0.25, 0.3) is 0 Å². The highest BCUT2D eigenvalue weighted by Gasteiger charge is 2.34. The SMILES string of the molecule is Cc1noc(C2CCN(C(C(=O)O)c3ccccc3F)CC2)n1. The summed E-state index contributed by atoms with van der Waals surface area (Å²) in [6.45, 7) is 2.84. The fourth-order valence-electron chi connectivity index (χ4n) is 3.07. The Morgan fingerprint density at radius 2 is 2.09 bits per heavy atom. The van der Waals surface area contributed by atoms with Gasteiger partial charge in [-0.25, -0.2) is 4.39 Å². The topological polar surface area (TPSA) is 79.5 Å². The molecular weight excluding hydrogens is 301 g/mol. The van der Waals surface area contributed by atoms with E-state index in [4.69, 9.17) is 4.52 Å². The van der Waals surface area contributed by atoms with Gasteiger partial charge in [0.2, 0.25) is 5.89 Å². The first-order valence-corrected chi connectivity index (χ1v) is 7.57. The maximum Gasteiger partial charge on any atom is 0.325 e. The van der Waals surface area contributed by atoms with E-state index < -0.39 is 17.8 Å². The summed E-state index contributed by atoms with van der Waals surface area (Å²) in [6.07, 6.45) is 1.42. The van der Waals surface area contributed by atoms with Crippen LogP contribution in [-0.2, 0) is 4.79 Å². The van der Waals surface area contributed by atoms with Crippen LogP contribution in [0, 0.1) is 12.7 Å². The van der Waals surface area contributed by atoms with Crippen molar-refractivity contribution in [3.63, 3.8) is 0 Å². The summed E-state index contributed by atoms with van der Waals surface area (Å²) in [5.74, 6) is -0.212. The number of benzene rings is 1. The van der Waals surface area contributed by atoms with Gasteiger partial charge in [-0.05, 0) is 25.8 Å². The number of carboxylic acids is 1. The molecule has 0 aliphatic carbocycles. The van der Waals surface area contributed by atoms with Crippen molar-refractivity contribution >= 4 is 5.97 Å². The third-order valence-electron chi connectivity index (χ3n) is 4.22. The van der Waals surface area contributed by atoms with Crippen LogP contribution in [0.3, 0.4) is 0 Å². The van der Waals surface area contributed by atoms with E-state index in [1.54, 1.807) is 24.0 Å². The average Bonchev–Trinajstić information content (AvgIpc) is 2.96. The average molecular weight is 319 g/mol. The van der Waals surface area contributed by atoms with Crippen molar-refractivity contribution in [2.24, 2.45) is 0 Å². The van der Waals surface area contributed by atoms with Crippen molar-refractivity contribution in [3.8, 4) is 0 Å². The second-order valence-corrected chi connectivity index (χ2v) is 5.75. The fraction of sp³-hybridized carbons (Fsp3) is 0.438. The van der Waals surface area contributed by atoms with Crippen molar-refractivity contribution < 1.29 is 18.8 Å². The molecule has 0 radical (unpaired) electrons. The van der Waals surface area contributed by atoms with Crippen molar-refractivity contribution in [2.45, 2.75) is 31.7 Å². The van der Waals surface area contributed by atoms with Crippen molar-refractivity contribution in [2.75, 3.05) is 13.1 Å². The van der Waals surface area contributed by atoms with Crippen LogP contribution in [0.1, 0.15) is 42.1 Å². The number of piperidine rings is 1. The largest absolute Gasteiger partial charge is 0.480 e. The number of aryl methyl sites for hydroxylation is 1. The van der Waals surface area contributed by atoms with Gasteiger partial charge >= 0.3 is 5.97 Å². The molecular formula is C16H18FN3O3. The summed E-state index contributed by atoms with van der Waals surface area (Å²) in [5, 5.41) is 13.3. The molecule has 0 bridgehead atoms. The second kappa shape index (κ2) is 6.45. The Morgan fingerprint density at radius 3 is 2.65 bits per heavy atom. The summed E-state index contributed by atoms with van der Waals surface area (Å²) in [5.41, 5.74) is 0.201. The van der Waals surface area contributed by atoms with E-state index in [0.29, 0.717) is 37.6 Å². The zero-order chi connectivity index (χ0) is 16.4. The van der Waals surface area contributed by atoms with Crippen LogP contribution in [0.5, 0.6) is 0 Å². The van der Waals surface area contributed by atoms with E-state index in [9.17, 15) is 14.3 Å². The van der Waals surface area contributed by atoms with Gasteiger partial charge < -0.3 is 9.63 Å². The lowest BCUT2D eigenvalue weighted by atomic mass is 9.94. The number of halogens is 1. The number of likely N-dealkylation sites (tertiary alicyclic amines) is 1. The van der Waals surface area contributed by atoms with Gasteiger partial charge in [0.05, 0.1) is 0 Å². The molecule has 1 atom stereocenters. The highest BCUT2D eigenvalue weighted by atomic mass is 19.1. The van der Waals surface area contributed by atoms with Crippen LogP contribution in [0.4, 0.5) is 4.39 Å². The molecule has 6 nitrogen and oxygen atoms in total. The first kappa shape index (κ1) is 15.6. The lowest BCUT2D eigenvalue weighted by Crippen LogP contribution is -2.40. The maximum atomic E-state index is 14.0.